The van der Waals surface area contributed by atoms with E-state index < -0.39 is 0 Å². The van der Waals surface area contributed by atoms with Gasteiger partial charge in [-0.3, -0.25) is 4.79 Å². The van der Waals surface area contributed by atoms with Crippen LogP contribution in [-0.4, -0.2) is 9.97 Å². The molecule has 0 saturated heterocycles. The van der Waals surface area contributed by atoms with E-state index in [4.69, 9.17) is 5.73 Å². The van der Waals surface area contributed by atoms with Crippen LogP contribution in [0.5, 0.6) is 0 Å². The highest BCUT2D eigenvalue weighted by Crippen LogP contribution is 2.27. The number of rotatable bonds is 1. The van der Waals surface area contributed by atoms with Crippen molar-refractivity contribution < 1.29 is 0 Å². The van der Waals surface area contributed by atoms with Crippen LogP contribution in [0.3, 0.4) is 0 Å². The van der Waals surface area contributed by atoms with E-state index in [1.807, 2.05) is 30.5 Å². The zero-order valence-corrected chi connectivity index (χ0v) is 9.03. The van der Waals surface area contributed by atoms with Crippen LogP contribution in [0.15, 0.2) is 47.4 Å². The van der Waals surface area contributed by atoms with Crippen LogP contribution >= 0.6 is 0 Å². The number of aromatic amines is 2. The summed E-state index contributed by atoms with van der Waals surface area (Å²) in [6.07, 6.45) is 1.89. The molecule has 0 spiro atoms. The smallest absolute Gasteiger partial charge is 0.250 e. The van der Waals surface area contributed by atoms with Gasteiger partial charge in [0, 0.05) is 28.7 Å². The average molecular weight is 225 g/mol. The Bertz CT molecular complexity index is 740. The fourth-order valence-corrected chi connectivity index (χ4v) is 2.03. The summed E-state index contributed by atoms with van der Waals surface area (Å²) in [6, 6.07) is 11.3. The van der Waals surface area contributed by atoms with E-state index in [-0.39, 0.29) is 5.56 Å². The number of nitrogen functional groups attached to an aromatic ring is 1. The molecular formula is C13H11N3O. The van der Waals surface area contributed by atoms with Crippen molar-refractivity contribution in [2.75, 3.05) is 5.73 Å². The lowest BCUT2D eigenvalue weighted by atomic mass is 10.1. The summed E-state index contributed by atoms with van der Waals surface area (Å²) in [6.45, 7) is 0. The summed E-state index contributed by atoms with van der Waals surface area (Å²) in [7, 11) is 0. The fourth-order valence-electron chi connectivity index (χ4n) is 2.03. The van der Waals surface area contributed by atoms with Gasteiger partial charge < -0.3 is 15.7 Å². The Labute approximate surface area is 97.1 Å². The van der Waals surface area contributed by atoms with Gasteiger partial charge in [-0.25, -0.2) is 0 Å². The minimum absolute atomic E-state index is 0.190. The molecule has 0 aliphatic rings. The molecule has 0 atom stereocenters. The predicted octanol–water partition coefficient (Wildman–Crippen LogP) is 2.11. The highest BCUT2D eigenvalue weighted by Gasteiger charge is 2.06. The molecular weight excluding hydrogens is 214 g/mol. The van der Waals surface area contributed by atoms with E-state index in [9.17, 15) is 4.79 Å². The highest BCUT2D eigenvalue weighted by atomic mass is 16.1. The number of benzene rings is 1. The molecule has 3 aromatic rings. The van der Waals surface area contributed by atoms with Gasteiger partial charge in [-0.1, -0.05) is 18.2 Å². The van der Waals surface area contributed by atoms with Gasteiger partial charge in [0.05, 0.1) is 0 Å². The number of hydrogen-bond acceptors (Lipinski definition) is 2. The van der Waals surface area contributed by atoms with E-state index >= 15 is 0 Å². The van der Waals surface area contributed by atoms with Crippen molar-refractivity contribution in [3.8, 4) is 11.1 Å². The van der Waals surface area contributed by atoms with Crippen molar-refractivity contribution in [2.45, 2.75) is 0 Å². The SMILES string of the molecule is Nc1cc(-c2c[nH]c3ccccc23)cc(=O)[nH]1. The molecule has 4 nitrogen and oxygen atoms in total. The van der Waals surface area contributed by atoms with Gasteiger partial charge in [0.15, 0.2) is 0 Å². The van der Waals surface area contributed by atoms with Gasteiger partial charge in [0.2, 0.25) is 5.56 Å². The van der Waals surface area contributed by atoms with Crippen LogP contribution < -0.4 is 11.3 Å². The maximum absolute atomic E-state index is 11.4. The number of para-hydroxylation sites is 1. The first-order valence-electron chi connectivity index (χ1n) is 5.30. The van der Waals surface area contributed by atoms with Gasteiger partial charge in [0.1, 0.15) is 5.82 Å². The highest BCUT2D eigenvalue weighted by molar-refractivity contribution is 5.95. The molecule has 3 rings (SSSR count). The first-order chi connectivity index (χ1) is 8.24. The molecule has 0 bridgehead atoms. The topological polar surface area (TPSA) is 74.7 Å². The molecule has 4 N–H and O–H groups in total. The summed E-state index contributed by atoms with van der Waals surface area (Å²) >= 11 is 0. The van der Waals surface area contributed by atoms with Crippen molar-refractivity contribution in [2.24, 2.45) is 0 Å². The number of fused-ring (bicyclic) bond motifs is 1. The summed E-state index contributed by atoms with van der Waals surface area (Å²) < 4.78 is 0. The van der Waals surface area contributed by atoms with Gasteiger partial charge in [-0.15, -0.1) is 0 Å². The predicted molar refractivity (Wildman–Crippen MR) is 68.8 cm³/mol. The van der Waals surface area contributed by atoms with Crippen LogP contribution in [0.1, 0.15) is 0 Å². The van der Waals surface area contributed by atoms with Gasteiger partial charge in [0.25, 0.3) is 0 Å². The Kier molecular flexibility index (Phi) is 2.01. The van der Waals surface area contributed by atoms with Crippen molar-refractivity contribution in [1.82, 2.24) is 9.97 Å². The molecule has 0 radical (unpaired) electrons. The van der Waals surface area contributed by atoms with Crippen molar-refractivity contribution in [1.29, 1.82) is 0 Å². The number of pyridine rings is 1. The standard InChI is InChI=1S/C13H11N3O/c14-12-5-8(6-13(17)16-12)10-7-15-11-4-2-1-3-9(10)11/h1-7,15H,(H3,14,16,17). The summed E-state index contributed by atoms with van der Waals surface area (Å²) in [5, 5.41) is 1.08. The molecule has 2 heterocycles. The summed E-state index contributed by atoms with van der Waals surface area (Å²) in [4.78, 5) is 17.1. The Morgan fingerprint density at radius 3 is 2.76 bits per heavy atom. The number of nitrogens with two attached hydrogens (primary N) is 1. The van der Waals surface area contributed by atoms with E-state index in [0.29, 0.717) is 5.82 Å². The van der Waals surface area contributed by atoms with E-state index in [1.165, 1.54) is 0 Å². The van der Waals surface area contributed by atoms with Gasteiger partial charge in [-0.2, -0.15) is 0 Å². The molecule has 17 heavy (non-hydrogen) atoms. The molecule has 0 saturated carbocycles. The quantitative estimate of drug-likeness (QED) is 0.593. The molecule has 0 unspecified atom stereocenters. The van der Waals surface area contributed by atoms with Crippen LogP contribution in [-0.2, 0) is 0 Å². The third-order valence-electron chi connectivity index (χ3n) is 2.77. The minimum atomic E-state index is -0.190. The number of H-pyrrole nitrogens is 2. The van der Waals surface area contributed by atoms with Crippen molar-refractivity contribution in [3.63, 3.8) is 0 Å². The normalized spacial score (nSPS) is 10.8. The van der Waals surface area contributed by atoms with E-state index in [1.54, 1.807) is 12.1 Å². The second-order valence-electron chi connectivity index (χ2n) is 3.94. The van der Waals surface area contributed by atoms with Crippen LogP contribution in [0, 0.1) is 0 Å². The third kappa shape index (κ3) is 1.59. The number of hydrogen-bond donors (Lipinski definition) is 3. The van der Waals surface area contributed by atoms with E-state index in [2.05, 4.69) is 9.97 Å². The Morgan fingerprint density at radius 1 is 1.12 bits per heavy atom. The van der Waals surface area contributed by atoms with Crippen LogP contribution in [0.2, 0.25) is 0 Å². The monoisotopic (exact) mass is 225 g/mol. The zero-order valence-electron chi connectivity index (χ0n) is 9.03. The Balaban J connectivity index is 2.30. The molecule has 0 aliphatic carbocycles. The molecule has 4 heteroatoms. The maximum atomic E-state index is 11.4. The number of anilines is 1. The number of nitrogens with one attached hydrogen (secondary N) is 2. The van der Waals surface area contributed by atoms with Crippen LogP contribution in [0.4, 0.5) is 5.82 Å². The lowest BCUT2D eigenvalue weighted by molar-refractivity contribution is 1.25. The second-order valence-corrected chi connectivity index (χ2v) is 3.94. The Morgan fingerprint density at radius 2 is 1.94 bits per heavy atom. The van der Waals surface area contributed by atoms with Crippen molar-refractivity contribution in [3.05, 3.63) is 52.9 Å². The number of aromatic nitrogens is 2. The molecule has 1 aromatic carbocycles. The first kappa shape index (κ1) is 9.72. The average Bonchev–Trinajstić information content (AvgIpc) is 2.71. The van der Waals surface area contributed by atoms with Gasteiger partial charge in [-0.05, 0) is 17.7 Å². The summed E-state index contributed by atoms with van der Waals surface area (Å²) in [5.41, 5.74) is 8.30. The minimum Gasteiger partial charge on any atom is -0.385 e. The summed E-state index contributed by atoms with van der Waals surface area (Å²) in [5.74, 6) is 0.373. The molecule has 0 fully saturated rings. The largest absolute Gasteiger partial charge is 0.385 e. The molecule has 84 valence electrons. The second kappa shape index (κ2) is 3.52. The van der Waals surface area contributed by atoms with Crippen LogP contribution in [0.25, 0.3) is 22.0 Å². The molecule has 0 amide bonds. The van der Waals surface area contributed by atoms with Crippen molar-refractivity contribution >= 4 is 16.7 Å². The van der Waals surface area contributed by atoms with E-state index in [0.717, 1.165) is 22.0 Å². The first-order valence-corrected chi connectivity index (χ1v) is 5.30. The Hall–Kier alpha value is -2.49. The lowest BCUT2D eigenvalue weighted by Crippen LogP contribution is -2.07. The van der Waals surface area contributed by atoms with Gasteiger partial charge >= 0.3 is 0 Å². The fraction of sp³-hybridized carbons (Fsp3) is 0. The molecule has 2 aromatic heterocycles. The molecule has 0 aliphatic heterocycles. The third-order valence-corrected chi connectivity index (χ3v) is 2.77. The zero-order chi connectivity index (χ0) is 11.8. The lowest BCUT2D eigenvalue weighted by Gasteiger charge is -2.00. The maximum Gasteiger partial charge on any atom is 0.250 e.